The van der Waals surface area contributed by atoms with Gasteiger partial charge in [-0.1, -0.05) is 6.07 Å². The first kappa shape index (κ1) is 22.9. The Balaban J connectivity index is 1.23. The van der Waals surface area contributed by atoms with Crippen molar-refractivity contribution in [2.45, 2.75) is 25.7 Å². The van der Waals surface area contributed by atoms with Gasteiger partial charge in [0.05, 0.1) is 13.2 Å². The maximum atomic E-state index is 12.0. The Kier molecular flexibility index (Phi) is 6.59. The summed E-state index contributed by atoms with van der Waals surface area (Å²) in [5.74, 6) is 1.01. The summed E-state index contributed by atoms with van der Waals surface area (Å²) in [4.78, 5) is 34.1. The van der Waals surface area contributed by atoms with Gasteiger partial charge in [0.2, 0.25) is 5.95 Å². The molecule has 3 aromatic rings. The zero-order valence-electron chi connectivity index (χ0n) is 19.1. The normalized spacial score (nSPS) is 20.6. The molecule has 3 aromatic heterocycles. The van der Waals surface area contributed by atoms with E-state index in [1.54, 1.807) is 28.5 Å². The smallest absolute Gasteiger partial charge is 0.251 e. The largest absolute Gasteiger partial charge is 0.384 e. The predicted molar refractivity (Wildman–Crippen MR) is 131 cm³/mol. The second-order valence-corrected chi connectivity index (χ2v) is 9.86. The Labute approximate surface area is 202 Å². The monoisotopic (exact) mass is 483 g/mol. The number of hydrogen-bond acceptors (Lipinski definition) is 10. The molecule has 0 spiro atoms. The molecule has 34 heavy (non-hydrogen) atoms. The number of aromatic nitrogens is 3. The topological polar surface area (TPSA) is 121 Å². The van der Waals surface area contributed by atoms with Crippen LogP contribution in [0.1, 0.15) is 23.5 Å². The number of rotatable bonds is 5. The molecule has 2 aliphatic heterocycles. The lowest BCUT2D eigenvalue weighted by Gasteiger charge is -2.35. The molecule has 0 saturated carbocycles. The zero-order chi connectivity index (χ0) is 23.7. The summed E-state index contributed by atoms with van der Waals surface area (Å²) < 4.78 is 5.95. The number of aliphatic hydroxyl groups is 1. The van der Waals surface area contributed by atoms with E-state index in [0.29, 0.717) is 38.0 Å². The quantitative estimate of drug-likeness (QED) is 0.553. The lowest BCUT2D eigenvalue weighted by Crippen LogP contribution is -2.50. The van der Waals surface area contributed by atoms with Crippen LogP contribution in [0.25, 0.3) is 10.2 Å². The van der Waals surface area contributed by atoms with Crippen LogP contribution in [0.15, 0.2) is 30.6 Å². The molecular weight excluding hydrogens is 454 g/mol. The second-order valence-electron chi connectivity index (χ2n) is 8.74. The molecule has 3 N–H and O–H groups in total. The number of nitrogens with zero attached hydrogens (tertiary/aromatic N) is 6. The Hall–Kier alpha value is -2.86. The fourth-order valence-corrected chi connectivity index (χ4v) is 5.39. The molecule has 0 radical (unpaired) electrons. The van der Waals surface area contributed by atoms with Crippen LogP contribution < -0.4 is 10.6 Å². The van der Waals surface area contributed by atoms with Crippen molar-refractivity contribution in [3.63, 3.8) is 0 Å². The Morgan fingerprint density at radius 1 is 1.24 bits per heavy atom. The number of thiophene rings is 1. The van der Waals surface area contributed by atoms with Crippen molar-refractivity contribution in [1.82, 2.24) is 24.8 Å². The maximum Gasteiger partial charge on any atom is 0.251 e. The van der Waals surface area contributed by atoms with E-state index in [9.17, 15) is 9.90 Å². The molecule has 2 fully saturated rings. The average Bonchev–Trinajstić information content (AvgIpc) is 3.26. The van der Waals surface area contributed by atoms with Gasteiger partial charge in [0, 0.05) is 67.5 Å². The fourth-order valence-electron chi connectivity index (χ4n) is 4.36. The number of nitrogen functional groups attached to an aromatic ring is 1. The van der Waals surface area contributed by atoms with Gasteiger partial charge in [0.15, 0.2) is 0 Å². The summed E-state index contributed by atoms with van der Waals surface area (Å²) in [6.45, 7) is 7.18. The molecular formula is C23H29N7O3S. The van der Waals surface area contributed by atoms with Gasteiger partial charge in [0.25, 0.3) is 5.91 Å². The SMILES string of the molecule is CC(O)C(=O)N1CCN(Cc2cc3cnc(N4CCO[C@@H](c5ccc(N)nc5)C4)nc3s2)CC1. The average molecular weight is 484 g/mol. The van der Waals surface area contributed by atoms with Crippen molar-refractivity contribution in [1.29, 1.82) is 0 Å². The number of amides is 1. The number of morpholine rings is 1. The predicted octanol–water partition coefficient (Wildman–Crippen LogP) is 1.27. The van der Waals surface area contributed by atoms with Crippen molar-refractivity contribution in [2.24, 2.45) is 0 Å². The van der Waals surface area contributed by atoms with E-state index < -0.39 is 6.10 Å². The Bertz CT molecular complexity index is 1150. The third-order valence-corrected chi connectivity index (χ3v) is 7.29. The van der Waals surface area contributed by atoms with E-state index in [0.717, 1.165) is 42.0 Å². The van der Waals surface area contributed by atoms with Gasteiger partial charge in [0.1, 0.15) is 22.9 Å². The van der Waals surface area contributed by atoms with Crippen LogP contribution in [-0.2, 0) is 16.1 Å². The molecule has 5 heterocycles. The van der Waals surface area contributed by atoms with Crippen molar-refractivity contribution in [3.05, 3.63) is 41.0 Å². The van der Waals surface area contributed by atoms with Gasteiger partial charge in [-0.2, -0.15) is 0 Å². The van der Waals surface area contributed by atoms with Gasteiger partial charge in [-0.3, -0.25) is 9.69 Å². The number of carbonyl (C=O) groups is 1. The summed E-state index contributed by atoms with van der Waals surface area (Å²) in [6, 6.07) is 5.89. The number of aliphatic hydroxyl groups excluding tert-OH is 1. The van der Waals surface area contributed by atoms with E-state index in [1.807, 2.05) is 12.3 Å². The van der Waals surface area contributed by atoms with E-state index in [1.165, 1.54) is 11.8 Å². The van der Waals surface area contributed by atoms with Crippen molar-refractivity contribution in [3.8, 4) is 0 Å². The summed E-state index contributed by atoms with van der Waals surface area (Å²) in [5.41, 5.74) is 6.70. The number of fused-ring (bicyclic) bond motifs is 1. The molecule has 5 rings (SSSR count). The van der Waals surface area contributed by atoms with E-state index >= 15 is 0 Å². The second kappa shape index (κ2) is 9.79. The molecule has 2 aliphatic rings. The van der Waals surface area contributed by atoms with Crippen LogP contribution in [0.2, 0.25) is 0 Å². The number of carbonyl (C=O) groups excluding carboxylic acids is 1. The van der Waals surface area contributed by atoms with Gasteiger partial charge in [-0.25, -0.2) is 15.0 Å². The molecule has 2 atom stereocenters. The van der Waals surface area contributed by atoms with Crippen LogP contribution in [-0.4, -0.2) is 87.7 Å². The number of hydrogen-bond donors (Lipinski definition) is 2. The highest BCUT2D eigenvalue weighted by Gasteiger charge is 2.26. The molecule has 0 aliphatic carbocycles. The summed E-state index contributed by atoms with van der Waals surface area (Å²) in [5, 5.41) is 10.6. The molecule has 10 nitrogen and oxygen atoms in total. The summed E-state index contributed by atoms with van der Waals surface area (Å²) in [6.07, 6.45) is 2.62. The summed E-state index contributed by atoms with van der Waals surface area (Å²) in [7, 11) is 0. The molecule has 180 valence electrons. The lowest BCUT2D eigenvalue weighted by molar-refractivity contribution is -0.141. The highest BCUT2D eigenvalue weighted by molar-refractivity contribution is 7.18. The van der Waals surface area contributed by atoms with Crippen molar-refractivity contribution in [2.75, 3.05) is 56.5 Å². The standard InChI is InChI=1S/C23H29N7O3S/c1-15(31)22(32)29-6-4-28(5-7-29)13-18-10-17-12-26-23(27-21(17)34-18)30-8-9-33-19(14-30)16-2-3-20(24)25-11-16/h2-3,10-12,15,19,31H,4-9,13-14H2,1H3,(H2,24,25)/t15?,19-/m1/s1. The first-order valence-corrected chi connectivity index (χ1v) is 12.3. The van der Waals surface area contributed by atoms with Gasteiger partial charge < -0.3 is 25.4 Å². The third kappa shape index (κ3) is 4.97. The lowest BCUT2D eigenvalue weighted by atomic mass is 10.1. The van der Waals surface area contributed by atoms with Crippen LogP contribution in [0.5, 0.6) is 0 Å². The van der Waals surface area contributed by atoms with Crippen LogP contribution >= 0.6 is 11.3 Å². The fraction of sp³-hybridized carbons (Fsp3) is 0.478. The highest BCUT2D eigenvalue weighted by Crippen LogP contribution is 2.29. The van der Waals surface area contributed by atoms with Crippen LogP contribution in [0.4, 0.5) is 11.8 Å². The molecule has 0 bridgehead atoms. The number of ether oxygens (including phenoxy) is 1. The molecule has 1 amide bonds. The first-order chi connectivity index (χ1) is 16.5. The first-order valence-electron chi connectivity index (χ1n) is 11.5. The zero-order valence-corrected chi connectivity index (χ0v) is 19.9. The minimum Gasteiger partial charge on any atom is -0.384 e. The third-order valence-electron chi connectivity index (χ3n) is 6.26. The van der Waals surface area contributed by atoms with Crippen LogP contribution in [0, 0.1) is 0 Å². The van der Waals surface area contributed by atoms with Crippen LogP contribution in [0.3, 0.4) is 0 Å². The number of nitrogens with two attached hydrogens (primary N) is 1. The molecule has 2 saturated heterocycles. The Morgan fingerprint density at radius 3 is 2.79 bits per heavy atom. The maximum absolute atomic E-state index is 12.0. The van der Waals surface area contributed by atoms with Gasteiger partial charge in [-0.15, -0.1) is 11.3 Å². The molecule has 1 unspecified atom stereocenters. The van der Waals surface area contributed by atoms with Gasteiger partial charge in [-0.05, 0) is 19.1 Å². The Morgan fingerprint density at radius 2 is 2.06 bits per heavy atom. The summed E-state index contributed by atoms with van der Waals surface area (Å²) >= 11 is 1.68. The highest BCUT2D eigenvalue weighted by atomic mass is 32.1. The van der Waals surface area contributed by atoms with Crippen molar-refractivity contribution < 1.29 is 14.6 Å². The number of anilines is 2. The van der Waals surface area contributed by atoms with E-state index in [4.69, 9.17) is 15.5 Å². The van der Waals surface area contributed by atoms with E-state index in [2.05, 4.69) is 25.8 Å². The van der Waals surface area contributed by atoms with Gasteiger partial charge >= 0.3 is 0 Å². The van der Waals surface area contributed by atoms with Crippen molar-refractivity contribution >= 4 is 39.2 Å². The number of piperazine rings is 1. The minimum atomic E-state index is -0.938. The number of pyridine rings is 1. The van der Waals surface area contributed by atoms with E-state index in [-0.39, 0.29) is 12.0 Å². The minimum absolute atomic E-state index is 0.0978. The molecule has 0 aromatic carbocycles. The molecule has 11 heteroatoms.